The predicted molar refractivity (Wildman–Crippen MR) is 124 cm³/mol. The van der Waals surface area contributed by atoms with Crippen LogP contribution >= 0.6 is 0 Å². The number of fused-ring (bicyclic) bond motifs is 1. The molecule has 0 spiro atoms. The molecule has 8 heteroatoms. The second-order valence-corrected chi connectivity index (χ2v) is 9.18. The molecule has 1 aliphatic heterocycles. The highest BCUT2D eigenvalue weighted by atomic mass is 32.2. The molecule has 0 unspecified atom stereocenters. The fourth-order valence-electron chi connectivity index (χ4n) is 3.63. The molecule has 0 saturated carbocycles. The Kier molecular flexibility index (Phi) is 6.55. The van der Waals surface area contributed by atoms with Gasteiger partial charge in [-0.15, -0.1) is 0 Å². The number of benzene rings is 3. The SMILES string of the molecule is COc1ccc(NC(=O)/C=C/c2cccc3ccccc23)cc1S(=O)(=O)N1CCOCC1. The summed E-state index contributed by atoms with van der Waals surface area (Å²) in [6.07, 6.45) is 3.18. The van der Waals surface area contributed by atoms with Gasteiger partial charge in [0.1, 0.15) is 10.6 Å². The molecule has 7 nitrogen and oxygen atoms in total. The number of rotatable bonds is 6. The van der Waals surface area contributed by atoms with Crippen LogP contribution in [0.25, 0.3) is 16.8 Å². The van der Waals surface area contributed by atoms with Crippen LogP contribution in [-0.4, -0.2) is 52.0 Å². The number of methoxy groups -OCH3 is 1. The molecule has 3 aromatic carbocycles. The zero-order valence-electron chi connectivity index (χ0n) is 17.7. The van der Waals surface area contributed by atoms with E-state index in [0.717, 1.165) is 16.3 Å². The molecule has 1 aliphatic rings. The Morgan fingerprint density at radius 3 is 2.59 bits per heavy atom. The Labute approximate surface area is 187 Å². The topological polar surface area (TPSA) is 84.9 Å². The second kappa shape index (κ2) is 9.52. The number of sulfonamides is 1. The number of anilines is 1. The number of hydrogen-bond donors (Lipinski definition) is 1. The van der Waals surface area contributed by atoms with Gasteiger partial charge in [0.2, 0.25) is 15.9 Å². The highest BCUT2D eigenvalue weighted by Crippen LogP contribution is 2.30. The molecule has 1 heterocycles. The van der Waals surface area contributed by atoms with Crippen LogP contribution < -0.4 is 10.1 Å². The van der Waals surface area contributed by atoms with Gasteiger partial charge in [-0.05, 0) is 40.6 Å². The zero-order valence-corrected chi connectivity index (χ0v) is 18.5. The summed E-state index contributed by atoms with van der Waals surface area (Å²) in [7, 11) is -2.37. The van der Waals surface area contributed by atoms with Crippen molar-refractivity contribution in [2.24, 2.45) is 0 Å². The number of hydrogen-bond acceptors (Lipinski definition) is 5. The first-order chi connectivity index (χ1) is 15.5. The normalized spacial score (nSPS) is 15.2. The van der Waals surface area contributed by atoms with E-state index in [1.54, 1.807) is 12.1 Å². The van der Waals surface area contributed by atoms with Gasteiger partial charge in [-0.1, -0.05) is 42.5 Å². The van der Waals surface area contributed by atoms with E-state index in [0.29, 0.717) is 18.9 Å². The van der Waals surface area contributed by atoms with Crippen LogP contribution in [0, 0.1) is 0 Å². The fourth-order valence-corrected chi connectivity index (χ4v) is 5.22. The molecule has 0 aromatic heterocycles. The Morgan fingerprint density at radius 2 is 1.81 bits per heavy atom. The van der Waals surface area contributed by atoms with Gasteiger partial charge >= 0.3 is 0 Å². The third-order valence-corrected chi connectivity index (χ3v) is 7.18. The first-order valence-electron chi connectivity index (χ1n) is 10.2. The molecule has 1 N–H and O–H groups in total. The maximum Gasteiger partial charge on any atom is 0.248 e. The number of morpholine rings is 1. The highest BCUT2D eigenvalue weighted by molar-refractivity contribution is 7.89. The van der Waals surface area contributed by atoms with Crippen LogP contribution in [0.1, 0.15) is 5.56 Å². The van der Waals surface area contributed by atoms with Crippen LogP contribution in [0.5, 0.6) is 5.75 Å². The molecule has 0 bridgehead atoms. The maximum atomic E-state index is 13.1. The maximum absolute atomic E-state index is 13.1. The van der Waals surface area contributed by atoms with E-state index >= 15 is 0 Å². The predicted octanol–water partition coefficient (Wildman–Crippen LogP) is 3.52. The summed E-state index contributed by atoms with van der Waals surface area (Å²) in [5.41, 5.74) is 1.29. The number of carbonyl (C=O) groups excluding carboxylic acids is 1. The van der Waals surface area contributed by atoms with Crippen LogP contribution in [0.4, 0.5) is 5.69 Å². The summed E-state index contributed by atoms with van der Waals surface area (Å²) in [5, 5.41) is 4.87. The summed E-state index contributed by atoms with van der Waals surface area (Å²) in [5.74, 6) is -0.140. The van der Waals surface area contributed by atoms with Crippen molar-refractivity contribution in [2.75, 3.05) is 38.7 Å². The minimum atomic E-state index is -3.78. The van der Waals surface area contributed by atoms with E-state index in [2.05, 4.69) is 5.32 Å². The minimum Gasteiger partial charge on any atom is -0.495 e. The summed E-state index contributed by atoms with van der Waals surface area (Å²) in [4.78, 5) is 12.5. The van der Waals surface area contributed by atoms with Gasteiger partial charge in [0.15, 0.2) is 0 Å². The molecule has 1 amide bonds. The van der Waals surface area contributed by atoms with Crippen LogP contribution in [0.3, 0.4) is 0 Å². The lowest BCUT2D eigenvalue weighted by atomic mass is 10.0. The Balaban J connectivity index is 1.56. The monoisotopic (exact) mass is 452 g/mol. The lowest BCUT2D eigenvalue weighted by molar-refractivity contribution is -0.111. The highest BCUT2D eigenvalue weighted by Gasteiger charge is 2.29. The van der Waals surface area contributed by atoms with Crippen LogP contribution in [0.2, 0.25) is 0 Å². The number of nitrogens with zero attached hydrogens (tertiary/aromatic N) is 1. The quantitative estimate of drug-likeness (QED) is 0.579. The van der Waals surface area contributed by atoms with E-state index in [-0.39, 0.29) is 29.6 Å². The molecular formula is C24H24N2O5S. The standard InChI is InChI=1S/C24H24N2O5S/c1-30-22-11-10-20(17-23(22)32(28,29)26-13-15-31-16-14-26)25-24(27)12-9-19-7-4-6-18-5-2-3-8-21(18)19/h2-12,17H,13-16H2,1H3,(H,25,27)/b12-9+. The smallest absolute Gasteiger partial charge is 0.248 e. The minimum absolute atomic E-state index is 0.0118. The summed E-state index contributed by atoms with van der Waals surface area (Å²) in [6, 6.07) is 18.4. The van der Waals surface area contributed by atoms with Gasteiger partial charge in [0.25, 0.3) is 0 Å². The van der Waals surface area contributed by atoms with Crippen molar-refractivity contribution in [3.8, 4) is 5.75 Å². The first kappa shape index (κ1) is 22.0. The zero-order chi connectivity index (χ0) is 22.6. The summed E-state index contributed by atoms with van der Waals surface area (Å²) >= 11 is 0. The molecule has 1 fully saturated rings. The average molecular weight is 453 g/mol. The molecule has 1 saturated heterocycles. The van der Waals surface area contributed by atoms with Gasteiger partial charge in [-0.25, -0.2) is 8.42 Å². The van der Waals surface area contributed by atoms with Gasteiger partial charge in [-0.3, -0.25) is 4.79 Å². The summed E-state index contributed by atoms with van der Waals surface area (Å²) < 4.78 is 38.1. The van der Waals surface area contributed by atoms with Gasteiger partial charge in [-0.2, -0.15) is 4.31 Å². The number of ether oxygens (including phenoxy) is 2. The Morgan fingerprint density at radius 1 is 1.06 bits per heavy atom. The largest absolute Gasteiger partial charge is 0.495 e. The molecule has 0 aliphatic carbocycles. The van der Waals surface area contributed by atoms with E-state index in [1.807, 2.05) is 42.5 Å². The molecule has 32 heavy (non-hydrogen) atoms. The van der Waals surface area contributed by atoms with E-state index in [9.17, 15) is 13.2 Å². The van der Waals surface area contributed by atoms with Crippen molar-refractivity contribution in [3.05, 3.63) is 72.3 Å². The van der Waals surface area contributed by atoms with E-state index < -0.39 is 10.0 Å². The molecule has 0 atom stereocenters. The van der Waals surface area contributed by atoms with E-state index in [4.69, 9.17) is 9.47 Å². The molecule has 166 valence electrons. The molecule has 3 aromatic rings. The van der Waals surface area contributed by atoms with Gasteiger partial charge in [0.05, 0.1) is 20.3 Å². The molecule has 0 radical (unpaired) electrons. The third-order valence-electron chi connectivity index (χ3n) is 5.26. The lowest BCUT2D eigenvalue weighted by Gasteiger charge is -2.26. The van der Waals surface area contributed by atoms with Crippen molar-refractivity contribution in [1.29, 1.82) is 0 Å². The second-order valence-electron chi connectivity index (χ2n) is 7.27. The summed E-state index contributed by atoms with van der Waals surface area (Å²) in [6.45, 7) is 1.24. The van der Waals surface area contributed by atoms with E-state index in [1.165, 1.54) is 29.6 Å². The van der Waals surface area contributed by atoms with Gasteiger partial charge < -0.3 is 14.8 Å². The fraction of sp³-hybridized carbons (Fsp3) is 0.208. The van der Waals surface area contributed by atoms with Crippen molar-refractivity contribution < 1.29 is 22.7 Å². The number of carbonyl (C=O) groups is 1. The number of amides is 1. The van der Waals surface area contributed by atoms with Crippen LogP contribution in [-0.2, 0) is 19.6 Å². The lowest BCUT2D eigenvalue weighted by Crippen LogP contribution is -2.40. The molecular weight excluding hydrogens is 428 g/mol. The average Bonchev–Trinajstić information content (AvgIpc) is 2.83. The van der Waals surface area contributed by atoms with Gasteiger partial charge in [0, 0.05) is 24.9 Å². The third kappa shape index (κ3) is 4.67. The Bertz CT molecular complexity index is 1260. The number of nitrogens with one attached hydrogen (secondary N) is 1. The van der Waals surface area contributed by atoms with Crippen molar-refractivity contribution >= 4 is 38.5 Å². The van der Waals surface area contributed by atoms with Crippen molar-refractivity contribution in [1.82, 2.24) is 4.31 Å². The first-order valence-corrected chi connectivity index (χ1v) is 11.7. The van der Waals surface area contributed by atoms with Crippen molar-refractivity contribution in [2.45, 2.75) is 4.90 Å². The van der Waals surface area contributed by atoms with Crippen LogP contribution in [0.15, 0.2) is 71.6 Å². The molecule has 4 rings (SSSR count). The Hall–Kier alpha value is -3.20. The van der Waals surface area contributed by atoms with Crippen molar-refractivity contribution in [3.63, 3.8) is 0 Å².